The lowest BCUT2D eigenvalue weighted by molar-refractivity contribution is -0.0950. The lowest BCUT2D eigenvalue weighted by atomic mass is 9.66. The molecule has 118 valence electrons. The Hall–Kier alpha value is -0.420. The average Bonchev–Trinajstić information content (AvgIpc) is 2.90. The van der Waals surface area contributed by atoms with Crippen LogP contribution in [0.25, 0.3) is 0 Å². The molecule has 0 radical (unpaired) electrons. The number of piperidine rings is 1. The third-order valence-electron chi connectivity index (χ3n) is 5.32. The second-order valence-corrected chi connectivity index (χ2v) is 8.00. The van der Waals surface area contributed by atoms with Crippen molar-refractivity contribution in [2.24, 2.45) is 11.3 Å². The minimum atomic E-state index is 0.468. The summed E-state index contributed by atoms with van der Waals surface area (Å²) in [5, 5.41) is 0. The van der Waals surface area contributed by atoms with Crippen LogP contribution in [0.5, 0.6) is 0 Å². The number of aryl methyl sites for hydroxylation is 1. The number of hydrogen-bond donors (Lipinski definition) is 0. The van der Waals surface area contributed by atoms with Crippen molar-refractivity contribution in [3.63, 3.8) is 0 Å². The highest BCUT2D eigenvalue weighted by Gasteiger charge is 2.43. The molecule has 2 aliphatic rings. The average molecular weight is 309 g/mol. The summed E-state index contributed by atoms with van der Waals surface area (Å²) in [6.07, 6.45) is 3.82. The standard InChI is InChI=1S/C17H27NO2S/c1-14-3-4-16(21-14)11-18-8-5-17(6-9-18)7-10-20-13-15(17)12-19-2/h3-4,15H,5-13H2,1-2H3/t15-/m0/s1. The Balaban J connectivity index is 1.58. The number of likely N-dealkylation sites (tertiary alicyclic amines) is 1. The van der Waals surface area contributed by atoms with Gasteiger partial charge in [-0.15, -0.1) is 11.3 Å². The molecule has 1 atom stereocenters. The first-order valence-corrected chi connectivity index (χ1v) is 8.88. The summed E-state index contributed by atoms with van der Waals surface area (Å²) in [5.41, 5.74) is 0.468. The zero-order chi connectivity index (χ0) is 14.7. The summed E-state index contributed by atoms with van der Waals surface area (Å²) in [7, 11) is 1.82. The van der Waals surface area contributed by atoms with Crippen LogP contribution >= 0.6 is 11.3 Å². The number of ether oxygens (including phenoxy) is 2. The normalized spacial score (nSPS) is 26.3. The Morgan fingerprint density at radius 2 is 2.14 bits per heavy atom. The largest absolute Gasteiger partial charge is 0.384 e. The van der Waals surface area contributed by atoms with Crippen molar-refractivity contribution in [3.05, 3.63) is 21.9 Å². The summed E-state index contributed by atoms with van der Waals surface area (Å²) in [6.45, 7) is 8.43. The number of thiophene rings is 1. The van der Waals surface area contributed by atoms with Gasteiger partial charge in [0.1, 0.15) is 0 Å². The molecule has 0 aromatic carbocycles. The SMILES string of the molecule is COC[C@H]1COCCC12CCN(Cc1ccc(C)s1)CC2. The Morgan fingerprint density at radius 3 is 2.81 bits per heavy atom. The molecule has 21 heavy (non-hydrogen) atoms. The Labute approximate surface area is 132 Å². The molecule has 0 unspecified atom stereocenters. The van der Waals surface area contributed by atoms with E-state index in [1.54, 1.807) is 0 Å². The molecule has 0 saturated carbocycles. The maximum atomic E-state index is 5.70. The van der Waals surface area contributed by atoms with Crippen molar-refractivity contribution < 1.29 is 9.47 Å². The fourth-order valence-corrected chi connectivity index (χ4v) is 4.85. The van der Waals surface area contributed by atoms with Crippen molar-refractivity contribution in [3.8, 4) is 0 Å². The zero-order valence-corrected chi connectivity index (χ0v) is 14.1. The van der Waals surface area contributed by atoms with Crippen molar-refractivity contribution >= 4 is 11.3 Å². The van der Waals surface area contributed by atoms with Crippen LogP contribution in [0.2, 0.25) is 0 Å². The fourth-order valence-electron chi connectivity index (χ4n) is 3.91. The molecular formula is C17H27NO2S. The van der Waals surface area contributed by atoms with E-state index in [1.807, 2.05) is 18.4 Å². The van der Waals surface area contributed by atoms with Crippen molar-refractivity contribution in [1.29, 1.82) is 0 Å². The topological polar surface area (TPSA) is 21.7 Å². The molecule has 3 rings (SSSR count). The lowest BCUT2D eigenvalue weighted by Crippen LogP contribution is -2.49. The van der Waals surface area contributed by atoms with Crippen LogP contribution in [0.1, 0.15) is 29.0 Å². The summed E-state index contributed by atoms with van der Waals surface area (Å²) in [5.74, 6) is 0.586. The smallest absolute Gasteiger partial charge is 0.0521 e. The maximum Gasteiger partial charge on any atom is 0.0521 e. The van der Waals surface area contributed by atoms with E-state index >= 15 is 0 Å². The molecule has 2 fully saturated rings. The lowest BCUT2D eigenvalue weighted by Gasteiger charge is -2.48. The van der Waals surface area contributed by atoms with Gasteiger partial charge in [-0.1, -0.05) is 0 Å². The molecule has 2 saturated heterocycles. The Bertz CT molecular complexity index is 449. The van der Waals surface area contributed by atoms with Crippen LogP contribution in [-0.2, 0) is 16.0 Å². The third kappa shape index (κ3) is 3.50. The maximum absolute atomic E-state index is 5.70. The second kappa shape index (κ2) is 6.78. The minimum absolute atomic E-state index is 0.468. The summed E-state index contributed by atoms with van der Waals surface area (Å²) >= 11 is 1.94. The molecule has 3 heterocycles. The highest BCUT2D eigenvalue weighted by atomic mass is 32.1. The van der Waals surface area contributed by atoms with Gasteiger partial charge in [0.05, 0.1) is 13.2 Å². The van der Waals surface area contributed by atoms with Gasteiger partial charge >= 0.3 is 0 Å². The van der Waals surface area contributed by atoms with E-state index in [1.165, 1.54) is 42.1 Å². The quantitative estimate of drug-likeness (QED) is 0.851. The van der Waals surface area contributed by atoms with Gasteiger partial charge in [-0.3, -0.25) is 4.90 Å². The number of hydrogen-bond acceptors (Lipinski definition) is 4. The van der Waals surface area contributed by atoms with Crippen molar-refractivity contribution in [2.75, 3.05) is 40.0 Å². The van der Waals surface area contributed by atoms with Crippen molar-refractivity contribution in [1.82, 2.24) is 4.90 Å². The molecule has 4 heteroatoms. The first-order valence-electron chi connectivity index (χ1n) is 8.06. The van der Waals surface area contributed by atoms with Crippen LogP contribution in [0.15, 0.2) is 12.1 Å². The van der Waals surface area contributed by atoms with Gasteiger partial charge in [0, 0.05) is 35.9 Å². The monoisotopic (exact) mass is 309 g/mol. The van der Waals surface area contributed by atoms with E-state index in [4.69, 9.17) is 9.47 Å². The number of methoxy groups -OCH3 is 1. The molecule has 0 bridgehead atoms. The van der Waals surface area contributed by atoms with E-state index in [-0.39, 0.29) is 0 Å². The zero-order valence-electron chi connectivity index (χ0n) is 13.3. The van der Waals surface area contributed by atoms with E-state index in [0.717, 1.165) is 26.4 Å². The molecular weight excluding hydrogens is 282 g/mol. The van der Waals surface area contributed by atoms with E-state index in [9.17, 15) is 0 Å². The molecule has 0 N–H and O–H groups in total. The van der Waals surface area contributed by atoms with Crippen LogP contribution in [0.4, 0.5) is 0 Å². The molecule has 2 aliphatic heterocycles. The van der Waals surface area contributed by atoms with Gasteiger partial charge in [-0.2, -0.15) is 0 Å². The highest BCUT2D eigenvalue weighted by Crippen LogP contribution is 2.45. The first kappa shape index (κ1) is 15.5. The summed E-state index contributed by atoms with van der Waals surface area (Å²) < 4.78 is 11.1. The minimum Gasteiger partial charge on any atom is -0.384 e. The number of nitrogens with zero attached hydrogens (tertiary/aromatic N) is 1. The molecule has 0 aliphatic carbocycles. The molecule has 3 nitrogen and oxygen atoms in total. The summed E-state index contributed by atoms with van der Waals surface area (Å²) in [4.78, 5) is 5.54. The van der Waals surface area contributed by atoms with Gasteiger partial charge in [0.25, 0.3) is 0 Å². The van der Waals surface area contributed by atoms with Gasteiger partial charge in [0.2, 0.25) is 0 Å². The van der Waals surface area contributed by atoms with E-state index < -0.39 is 0 Å². The van der Waals surface area contributed by atoms with Gasteiger partial charge in [-0.05, 0) is 56.8 Å². The summed E-state index contributed by atoms with van der Waals surface area (Å²) in [6, 6.07) is 4.52. The first-order chi connectivity index (χ1) is 10.2. The van der Waals surface area contributed by atoms with Crippen LogP contribution in [0, 0.1) is 18.3 Å². The highest BCUT2D eigenvalue weighted by molar-refractivity contribution is 7.11. The van der Waals surface area contributed by atoms with E-state index in [2.05, 4.69) is 24.0 Å². The third-order valence-corrected chi connectivity index (χ3v) is 6.31. The Kier molecular flexibility index (Phi) is 4.99. The van der Waals surface area contributed by atoms with Crippen LogP contribution in [-0.4, -0.2) is 44.9 Å². The van der Waals surface area contributed by atoms with Gasteiger partial charge in [-0.25, -0.2) is 0 Å². The molecule has 1 aromatic heterocycles. The number of rotatable bonds is 4. The van der Waals surface area contributed by atoms with Crippen LogP contribution in [0.3, 0.4) is 0 Å². The predicted molar refractivity (Wildman–Crippen MR) is 86.8 cm³/mol. The molecule has 0 amide bonds. The predicted octanol–water partition coefficient (Wildman–Crippen LogP) is 3.32. The van der Waals surface area contributed by atoms with Crippen molar-refractivity contribution in [2.45, 2.75) is 32.7 Å². The molecule has 1 spiro atoms. The second-order valence-electron chi connectivity index (χ2n) is 6.63. The van der Waals surface area contributed by atoms with Gasteiger partial charge in [0.15, 0.2) is 0 Å². The van der Waals surface area contributed by atoms with E-state index in [0.29, 0.717) is 11.3 Å². The van der Waals surface area contributed by atoms with Crippen LogP contribution < -0.4 is 0 Å². The Morgan fingerprint density at radius 1 is 1.33 bits per heavy atom. The van der Waals surface area contributed by atoms with Gasteiger partial charge < -0.3 is 9.47 Å². The molecule has 1 aromatic rings. The fraction of sp³-hybridized carbons (Fsp3) is 0.765.